The minimum Gasteiger partial charge on any atom is -0.372 e. The van der Waals surface area contributed by atoms with Gasteiger partial charge in [0.25, 0.3) is 5.91 Å². The van der Waals surface area contributed by atoms with Crippen molar-refractivity contribution in [2.24, 2.45) is 0 Å². The number of anilines is 1. The minimum atomic E-state index is -0.220. The maximum atomic E-state index is 11.8. The van der Waals surface area contributed by atoms with Crippen LogP contribution in [0.3, 0.4) is 0 Å². The van der Waals surface area contributed by atoms with Crippen molar-refractivity contribution in [1.29, 1.82) is 0 Å². The minimum absolute atomic E-state index is 0.220. The van der Waals surface area contributed by atoms with E-state index in [2.05, 4.69) is 20.6 Å². The van der Waals surface area contributed by atoms with Crippen LogP contribution in [0.5, 0.6) is 0 Å². The molecule has 0 radical (unpaired) electrons. The number of carbonyl (C=O) groups excluding carboxylic acids is 1. The third-order valence-corrected chi connectivity index (χ3v) is 3.29. The van der Waals surface area contributed by atoms with Crippen molar-refractivity contribution in [1.82, 2.24) is 15.3 Å². The second-order valence-electron chi connectivity index (χ2n) is 3.41. The van der Waals surface area contributed by atoms with Gasteiger partial charge in [-0.15, -0.1) is 11.3 Å². The van der Waals surface area contributed by atoms with Gasteiger partial charge in [0.15, 0.2) is 0 Å². The van der Waals surface area contributed by atoms with Gasteiger partial charge in [-0.2, -0.15) is 0 Å². The maximum Gasteiger partial charge on any atom is 0.253 e. The summed E-state index contributed by atoms with van der Waals surface area (Å²) in [6.07, 6.45) is 3.18. The Morgan fingerprint density at radius 3 is 2.94 bits per heavy atom. The molecule has 0 aliphatic carbocycles. The summed E-state index contributed by atoms with van der Waals surface area (Å²) in [5.41, 5.74) is 0.426. The summed E-state index contributed by atoms with van der Waals surface area (Å²) in [5, 5.41) is 8.72. The largest absolute Gasteiger partial charge is 0.372 e. The molecule has 0 aliphatic rings. The van der Waals surface area contributed by atoms with Gasteiger partial charge >= 0.3 is 0 Å². The van der Waals surface area contributed by atoms with Crippen LogP contribution in [0.1, 0.15) is 15.4 Å². The summed E-state index contributed by atoms with van der Waals surface area (Å²) >= 11 is 7.45. The molecule has 2 rings (SSSR count). The van der Waals surface area contributed by atoms with Crippen molar-refractivity contribution in [3.63, 3.8) is 0 Å². The number of nitrogens with zero attached hydrogens (tertiary/aromatic N) is 2. The smallest absolute Gasteiger partial charge is 0.253 e. The van der Waals surface area contributed by atoms with Crippen molar-refractivity contribution in [3.05, 3.63) is 39.4 Å². The zero-order chi connectivity index (χ0) is 13.0. The van der Waals surface area contributed by atoms with E-state index in [0.29, 0.717) is 22.9 Å². The van der Waals surface area contributed by atoms with Gasteiger partial charge < -0.3 is 10.6 Å². The van der Waals surface area contributed by atoms with Gasteiger partial charge in [0, 0.05) is 24.8 Å². The lowest BCUT2D eigenvalue weighted by molar-refractivity contribution is 0.0950. The van der Waals surface area contributed by atoms with Gasteiger partial charge in [-0.1, -0.05) is 11.6 Å². The number of rotatable bonds is 4. The third kappa shape index (κ3) is 2.96. The molecule has 2 N–H and O–H groups in total. The average molecular weight is 283 g/mol. The summed E-state index contributed by atoms with van der Waals surface area (Å²) in [6.45, 7) is 0.405. The van der Waals surface area contributed by atoms with Crippen molar-refractivity contribution in [2.45, 2.75) is 6.54 Å². The highest BCUT2D eigenvalue weighted by Gasteiger charge is 2.09. The van der Waals surface area contributed by atoms with E-state index >= 15 is 0 Å². The summed E-state index contributed by atoms with van der Waals surface area (Å²) in [6, 6.07) is 1.58. The first-order valence-corrected chi connectivity index (χ1v) is 6.46. The second kappa shape index (κ2) is 5.79. The Balaban J connectivity index is 2.02. The molecular weight excluding hydrogens is 272 g/mol. The maximum absolute atomic E-state index is 11.8. The van der Waals surface area contributed by atoms with Crippen LogP contribution in [0.4, 0.5) is 5.82 Å². The molecule has 7 heteroatoms. The fourth-order valence-corrected chi connectivity index (χ4v) is 2.16. The van der Waals surface area contributed by atoms with E-state index in [0.717, 1.165) is 5.01 Å². The number of thiazole rings is 1. The molecule has 0 saturated heterocycles. The Hall–Kier alpha value is -1.66. The van der Waals surface area contributed by atoms with Crippen molar-refractivity contribution < 1.29 is 4.79 Å². The van der Waals surface area contributed by atoms with Crippen LogP contribution in [0.25, 0.3) is 0 Å². The van der Waals surface area contributed by atoms with E-state index in [4.69, 9.17) is 11.6 Å². The second-order valence-corrected chi connectivity index (χ2v) is 4.80. The number of aromatic nitrogens is 2. The van der Waals surface area contributed by atoms with Crippen LogP contribution in [-0.4, -0.2) is 22.9 Å². The van der Waals surface area contributed by atoms with Crippen LogP contribution >= 0.6 is 22.9 Å². The molecule has 0 bridgehead atoms. The highest BCUT2D eigenvalue weighted by Crippen LogP contribution is 2.19. The summed E-state index contributed by atoms with van der Waals surface area (Å²) in [4.78, 5) is 20.0. The van der Waals surface area contributed by atoms with Crippen molar-refractivity contribution in [2.75, 3.05) is 12.4 Å². The molecule has 0 aromatic carbocycles. The lowest BCUT2D eigenvalue weighted by atomic mass is 10.2. The predicted octanol–water partition coefficient (Wildman–Crippen LogP) is 2.16. The Kier molecular flexibility index (Phi) is 4.11. The van der Waals surface area contributed by atoms with E-state index < -0.39 is 0 Å². The molecule has 2 aromatic rings. The molecule has 94 valence electrons. The first-order chi connectivity index (χ1) is 8.70. The Labute approximate surface area is 113 Å². The van der Waals surface area contributed by atoms with Crippen LogP contribution in [0.2, 0.25) is 5.02 Å². The van der Waals surface area contributed by atoms with Gasteiger partial charge in [-0.3, -0.25) is 4.79 Å². The molecule has 2 aromatic heterocycles. The number of halogens is 1. The zero-order valence-electron chi connectivity index (χ0n) is 9.61. The SMILES string of the molecule is CNc1ncc(C(=O)NCc2nccs2)cc1Cl. The monoisotopic (exact) mass is 282 g/mol. The summed E-state index contributed by atoms with van der Waals surface area (Å²) in [7, 11) is 1.72. The molecule has 0 aliphatic heterocycles. The number of hydrogen-bond donors (Lipinski definition) is 2. The molecule has 0 saturated carbocycles. The molecule has 5 nitrogen and oxygen atoms in total. The summed E-state index contributed by atoms with van der Waals surface area (Å²) in [5.74, 6) is 0.329. The highest BCUT2D eigenvalue weighted by atomic mass is 35.5. The number of carbonyl (C=O) groups is 1. The zero-order valence-corrected chi connectivity index (χ0v) is 11.2. The van der Waals surface area contributed by atoms with Crippen LogP contribution in [0.15, 0.2) is 23.8 Å². The van der Waals surface area contributed by atoms with E-state index in [1.54, 1.807) is 19.3 Å². The first kappa shape index (κ1) is 12.8. The number of nitrogens with one attached hydrogen (secondary N) is 2. The molecule has 1 amide bonds. The molecule has 0 fully saturated rings. The lowest BCUT2D eigenvalue weighted by Gasteiger charge is -2.06. The van der Waals surface area contributed by atoms with E-state index in [-0.39, 0.29) is 5.91 Å². The molecule has 2 heterocycles. The molecule has 0 unspecified atom stereocenters. The van der Waals surface area contributed by atoms with Crippen LogP contribution in [-0.2, 0) is 6.54 Å². The number of amides is 1. The Morgan fingerprint density at radius 1 is 1.50 bits per heavy atom. The number of pyridine rings is 1. The number of hydrogen-bond acceptors (Lipinski definition) is 5. The van der Waals surface area contributed by atoms with Crippen LogP contribution < -0.4 is 10.6 Å². The van der Waals surface area contributed by atoms with Gasteiger partial charge in [0.1, 0.15) is 10.8 Å². The van der Waals surface area contributed by atoms with Crippen LogP contribution in [0, 0.1) is 0 Å². The third-order valence-electron chi connectivity index (χ3n) is 2.22. The van der Waals surface area contributed by atoms with Gasteiger partial charge in [-0.05, 0) is 6.07 Å². The van der Waals surface area contributed by atoms with Gasteiger partial charge in [-0.25, -0.2) is 9.97 Å². The molecular formula is C11H11ClN4OS. The quantitative estimate of drug-likeness (QED) is 0.902. The molecule has 0 spiro atoms. The highest BCUT2D eigenvalue weighted by molar-refractivity contribution is 7.09. The van der Waals surface area contributed by atoms with Crippen molar-refractivity contribution >= 4 is 34.7 Å². The first-order valence-electron chi connectivity index (χ1n) is 5.20. The fraction of sp³-hybridized carbons (Fsp3) is 0.182. The van der Waals surface area contributed by atoms with Crippen molar-refractivity contribution in [3.8, 4) is 0 Å². The molecule has 0 atom stereocenters. The standard InChI is InChI=1S/C11H11ClN4OS/c1-13-10-8(12)4-7(5-15-10)11(17)16-6-9-14-2-3-18-9/h2-5H,6H2,1H3,(H,13,15)(H,16,17). The van der Waals surface area contributed by atoms with Gasteiger partial charge in [0.2, 0.25) is 0 Å². The lowest BCUT2D eigenvalue weighted by Crippen LogP contribution is -2.22. The fourth-order valence-electron chi connectivity index (χ4n) is 1.34. The van der Waals surface area contributed by atoms with Gasteiger partial charge in [0.05, 0.1) is 17.1 Å². The summed E-state index contributed by atoms with van der Waals surface area (Å²) < 4.78 is 0. The normalized spacial score (nSPS) is 10.1. The Bertz CT molecular complexity index is 544. The van der Waals surface area contributed by atoms with E-state index in [9.17, 15) is 4.79 Å². The Morgan fingerprint density at radius 2 is 2.33 bits per heavy atom. The topological polar surface area (TPSA) is 66.9 Å². The average Bonchev–Trinajstić information content (AvgIpc) is 2.89. The molecule has 18 heavy (non-hydrogen) atoms. The van der Waals surface area contributed by atoms with E-state index in [1.807, 2.05) is 5.38 Å². The van der Waals surface area contributed by atoms with E-state index in [1.165, 1.54) is 17.5 Å². The predicted molar refractivity (Wildman–Crippen MR) is 72.1 cm³/mol.